The fourth-order valence-electron chi connectivity index (χ4n) is 5.00. The van der Waals surface area contributed by atoms with Crippen molar-refractivity contribution in [3.8, 4) is 17.0 Å². The van der Waals surface area contributed by atoms with Crippen LogP contribution in [0.4, 0.5) is 5.95 Å². The molecule has 0 saturated heterocycles. The number of hydrogen-bond acceptors (Lipinski definition) is 7. The summed E-state index contributed by atoms with van der Waals surface area (Å²) in [5, 5.41) is 16.4. The summed E-state index contributed by atoms with van der Waals surface area (Å²) in [6, 6.07) is 12.9. The molecular formula is C28H30ClN5O4. The van der Waals surface area contributed by atoms with Crippen LogP contribution in [0.3, 0.4) is 0 Å². The second-order valence-corrected chi connectivity index (χ2v) is 10.2. The van der Waals surface area contributed by atoms with Gasteiger partial charge in [-0.1, -0.05) is 35.9 Å². The molecule has 2 heterocycles. The molecule has 1 aliphatic heterocycles. The van der Waals surface area contributed by atoms with Gasteiger partial charge in [0.25, 0.3) is 5.91 Å². The van der Waals surface area contributed by atoms with Crippen molar-refractivity contribution in [1.82, 2.24) is 20.2 Å². The van der Waals surface area contributed by atoms with Crippen LogP contribution in [0.15, 0.2) is 48.7 Å². The van der Waals surface area contributed by atoms with E-state index in [1.54, 1.807) is 13.2 Å². The van der Waals surface area contributed by atoms with Gasteiger partial charge >= 0.3 is 0 Å². The molecule has 0 spiro atoms. The van der Waals surface area contributed by atoms with Gasteiger partial charge in [0.1, 0.15) is 12.3 Å². The summed E-state index contributed by atoms with van der Waals surface area (Å²) in [4.78, 5) is 36.4. The first-order chi connectivity index (χ1) is 18.3. The first-order valence-corrected chi connectivity index (χ1v) is 13.0. The van der Waals surface area contributed by atoms with E-state index in [9.17, 15) is 14.7 Å². The lowest BCUT2D eigenvalue weighted by Gasteiger charge is -2.19. The SMILES string of the molecule is COc1cccc(C(C)NC(=O)CN2Cc3ccc(-c4nc(N[C@H]5CC[C@@H](O)C5)ncc4Cl)cc3C2=O)c1. The van der Waals surface area contributed by atoms with E-state index >= 15 is 0 Å². The summed E-state index contributed by atoms with van der Waals surface area (Å²) in [6.07, 6.45) is 3.47. The number of rotatable bonds is 8. The molecule has 38 heavy (non-hydrogen) atoms. The van der Waals surface area contributed by atoms with Crippen LogP contribution < -0.4 is 15.4 Å². The molecule has 0 bridgehead atoms. The van der Waals surface area contributed by atoms with Gasteiger partial charge in [-0.05, 0) is 55.5 Å². The maximum absolute atomic E-state index is 13.2. The van der Waals surface area contributed by atoms with Gasteiger partial charge in [0.05, 0.1) is 36.2 Å². The van der Waals surface area contributed by atoms with Crippen LogP contribution in [0.1, 0.15) is 53.7 Å². The van der Waals surface area contributed by atoms with Crippen molar-refractivity contribution in [3.05, 3.63) is 70.4 Å². The van der Waals surface area contributed by atoms with Crippen molar-refractivity contribution in [1.29, 1.82) is 0 Å². The van der Waals surface area contributed by atoms with Gasteiger partial charge in [-0.25, -0.2) is 9.97 Å². The van der Waals surface area contributed by atoms with Crippen molar-refractivity contribution in [2.75, 3.05) is 19.0 Å². The number of anilines is 1. The number of halogens is 1. The molecule has 9 nitrogen and oxygen atoms in total. The highest BCUT2D eigenvalue weighted by molar-refractivity contribution is 6.33. The van der Waals surface area contributed by atoms with Gasteiger partial charge in [-0.3, -0.25) is 9.59 Å². The number of aliphatic hydroxyl groups excluding tert-OH is 1. The number of aliphatic hydroxyl groups is 1. The Bertz CT molecular complexity index is 1370. The van der Waals surface area contributed by atoms with E-state index in [1.807, 2.05) is 43.3 Å². The Morgan fingerprint density at radius 1 is 1.26 bits per heavy atom. The van der Waals surface area contributed by atoms with Crippen LogP contribution in [0.2, 0.25) is 5.02 Å². The number of nitrogens with zero attached hydrogens (tertiary/aromatic N) is 3. The maximum atomic E-state index is 13.2. The smallest absolute Gasteiger partial charge is 0.254 e. The summed E-state index contributed by atoms with van der Waals surface area (Å²) in [5.74, 6) is 0.690. The zero-order valence-electron chi connectivity index (χ0n) is 21.3. The number of aromatic nitrogens is 2. The lowest BCUT2D eigenvalue weighted by atomic mass is 10.0. The Balaban J connectivity index is 1.26. The second kappa shape index (κ2) is 11.0. The van der Waals surface area contributed by atoms with Gasteiger partial charge < -0.3 is 25.4 Å². The third-order valence-corrected chi connectivity index (χ3v) is 7.33. The van der Waals surface area contributed by atoms with E-state index in [2.05, 4.69) is 20.6 Å². The van der Waals surface area contributed by atoms with Gasteiger partial charge in [0.2, 0.25) is 11.9 Å². The number of ether oxygens (including phenoxy) is 1. The van der Waals surface area contributed by atoms with Crippen LogP contribution in [0, 0.1) is 0 Å². The molecule has 1 aromatic heterocycles. The quantitative estimate of drug-likeness (QED) is 0.399. The molecule has 2 aliphatic rings. The lowest BCUT2D eigenvalue weighted by molar-refractivity contribution is -0.122. The highest BCUT2D eigenvalue weighted by Gasteiger charge is 2.30. The molecule has 2 amide bonds. The van der Waals surface area contributed by atoms with Gasteiger partial charge in [0, 0.05) is 23.7 Å². The first kappa shape index (κ1) is 25.9. The van der Waals surface area contributed by atoms with Crippen LogP contribution in [0.5, 0.6) is 5.75 Å². The van der Waals surface area contributed by atoms with Crippen molar-refractivity contribution in [2.45, 2.75) is 50.9 Å². The molecule has 1 saturated carbocycles. The Morgan fingerprint density at radius 2 is 2.11 bits per heavy atom. The van der Waals surface area contributed by atoms with Gasteiger partial charge in [-0.2, -0.15) is 0 Å². The van der Waals surface area contributed by atoms with E-state index in [4.69, 9.17) is 16.3 Å². The third kappa shape index (κ3) is 5.58. The zero-order valence-corrected chi connectivity index (χ0v) is 22.0. The third-order valence-electron chi connectivity index (χ3n) is 7.05. The molecule has 1 aliphatic carbocycles. The average Bonchev–Trinajstić information content (AvgIpc) is 3.46. The van der Waals surface area contributed by atoms with Gasteiger partial charge in [0.15, 0.2) is 0 Å². The molecule has 198 valence electrons. The highest BCUT2D eigenvalue weighted by atomic mass is 35.5. The Morgan fingerprint density at radius 3 is 2.87 bits per heavy atom. The number of benzene rings is 2. The lowest BCUT2D eigenvalue weighted by Crippen LogP contribution is -2.38. The zero-order chi connectivity index (χ0) is 26.8. The van der Waals surface area contributed by atoms with Crippen molar-refractivity contribution >= 4 is 29.4 Å². The second-order valence-electron chi connectivity index (χ2n) is 9.80. The number of methoxy groups -OCH3 is 1. The Kier molecular flexibility index (Phi) is 7.49. The highest BCUT2D eigenvalue weighted by Crippen LogP contribution is 2.32. The minimum Gasteiger partial charge on any atom is -0.497 e. The minimum atomic E-state index is -0.308. The number of fused-ring (bicyclic) bond motifs is 1. The van der Waals surface area contributed by atoms with Crippen LogP contribution in [-0.2, 0) is 11.3 Å². The van der Waals surface area contributed by atoms with E-state index in [0.717, 1.165) is 24.0 Å². The monoisotopic (exact) mass is 535 g/mol. The molecule has 1 unspecified atom stereocenters. The van der Waals surface area contributed by atoms with Crippen LogP contribution >= 0.6 is 11.6 Å². The van der Waals surface area contributed by atoms with Crippen LogP contribution in [-0.4, -0.2) is 57.6 Å². The molecule has 2 aromatic carbocycles. The number of carbonyl (C=O) groups excluding carboxylic acids is 2. The predicted molar refractivity (Wildman–Crippen MR) is 144 cm³/mol. The molecule has 0 radical (unpaired) electrons. The summed E-state index contributed by atoms with van der Waals surface area (Å²) < 4.78 is 5.26. The van der Waals surface area contributed by atoms with E-state index < -0.39 is 0 Å². The number of carbonyl (C=O) groups is 2. The fraction of sp³-hybridized carbons (Fsp3) is 0.357. The molecular weight excluding hydrogens is 506 g/mol. The molecule has 3 atom stereocenters. The Hall–Kier alpha value is -3.69. The number of hydrogen-bond donors (Lipinski definition) is 3. The van der Waals surface area contributed by atoms with Gasteiger partial charge in [-0.15, -0.1) is 0 Å². The minimum absolute atomic E-state index is 0.0489. The van der Waals surface area contributed by atoms with Crippen molar-refractivity contribution < 1.29 is 19.4 Å². The summed E-state index contributed by atoms with van der Waals surface area (Å²) in [7, 11) is 1.60. The molecule has 3 N–H and O–H groups in total. The topological polar surface area (TPSA) is 117 Å². The van der Waals surface area contributed by atoms with Crippen LogP contribution in [0.25, 0.3) is 11.3 Å². The fourth-order valence-corrected chi connectivity index (χ4v) is 5.20. The molecule has 1 fully saturated rings. The first-order valence-electron chi connectivity index (χ1n) is 12.6. The summed E-state index contributed by atoms with van der Waals surface area (Å²) >= 11 is 6.42. The average molecular weight is 536 g/mol. The van der Waals surface area contributed by atoms with Crippen molar-refractivity contribution in [2.24, 2.45) is 0 Å². The molecule has 10 heteroatoms. The Labute approximate surface area is 226 Å². The largest absolute Gasteiger partial charge is 0.497 e. The molecule has 3 aromatic rings. The number of amides is 2. The maximum Gasteiger partial charge on any atom is 0.254 e. The van der Waals surface area contributed by atoms with Crippen molar-refractivity contribution in [3.63, 3.8) is 0 Å². The van der Waals surface area contributed by atoms with E-state index in [1.165, 1.54) is 11.1 Å². The predicted octanol–water partition coefficient (Wildman–Crippen LogP) is 3.96. The standard InChI is InChI=1S/C28H30ClN5O4/c1-16(17-4-3-5-22(10-17)38-2)31-25(36)15-34-14-19-7-6-18(11-23(19)27(34)37)26-24(29)13-30-28(33-26)32-20-8-9-21(35)12-20/h3-7,10-11,13,16,20-21,35H,8-9,12,14-15H2,1-2H3,(H,31,36)(H,30,32,33)/t16?,20-,21+/m0/s1. The van der Waals surface area contributed by atoms with E-state index in [-0.39, 0.29) is 36.5 Å². The molecule has 5 rings (SSSR count). The summed E-state index contributed by atoms with van der Waals surface area (Å²) in [5.41, 5.74) is 3.49. The summed E-state index contributed by atoms with van der Waals surface area (Å²) in [6.45, 7) is 2.19. The van der Waals surface area contributed by atoms with E-state index in [0.29, 0.717) is 46.5 Å². The normalized spacial score (nSPS) is 19.3. The number of nitrogens with one attached hydrogen (secondary N) is 2.